The molecule has 0 fully saturated rings. The number of rotatable bonds is 6. The van der Waals surface area contributed by atoms with Gasteiger partial charge in [-0.15, -0.1) is 0 Å². The quantitative estimate of drug-likeness (QED) is 0.578. The number of β-amino-alcohol motifs (C(OH)–C–C–N with tert-alkyl or cyclic N) is 1. The van der Waals surface area contributed by atoms with Crippen molar-refractivity contribution in [3.63, 3.8) is 0 Å². The number of aryl methyl sites for hydroxylation is 1. The number of H-pyrrole nitrogens is 1. The largest absolute Gasteiger partial charge is 0.507 e. The summed E-state index contributed by atoms with van der Waals surface area (Å²) in [7, 11) is 3.11. The Hall–Kier alpha value is -3.52. The van der Waals surface area contributed by atoms with Crippen molar-refractivity contribution < 1.29 is 24.5 Å². The molecule has 4 rings (SSSR count). The molecule has 3 N–H and O–H groups in total. The van der Waals surface area contributed by atoms with Crippen molar-refractivity contribution >= 4 is 5.91 Å². The van der Waals surface area contributed by atoms with Crippen LogP contribution in [-0.2, 0) is 0 Å². The third-order valence-electron chi connectivity index (χ3n) is 5.34. The molecule has 0 aliphatic carbocycles. The smallest absolute Gasteiger partial charge is 0.273 e. The number of methoxy groups -OCH3 is 2. The maximum Gasteiger partial charge on any atom is 0.273 e. The Morgan fingerprint density at radius 2 is 1.90 bits per heavy atom. The number of carbonyl (C=O) groups excluding carboxylic acids is 1. The number of aromatic nitrogens is 2. The first-order valence-corrected chi connectivity index (χ1v) is 9.52. The van der Waals surface area contributed by atoms with Gasteiger partial charge >= 0.3 is 0 Å². The SMILES string of the molecule is COc1ccc([C@H]2c3c(-c4cc(C)ccc4O)n[nH]c3C(=O)N2CCO)cc1OC. The van der Waals surface area contributed by atoms with Gasteiger partial charge in [0.2, 0.25) is 0 Å². The summed E-state index contributed by atoms with van der Waals surface area (Å²) in [5.74, 6) is 0.922. The molecule has 0 unspecified atom stereocenters. The van der Waals surface area contributed by atoms with Gasteiger partial charge in [0.25, 0.3) is 5.91 Å². The van der Waals surface area contributed by atoms with Gasteiger partial charge in [-0.2, -0.15) is 5.10 Å². The molecule has 156 valence electrons. The standard InChI is InChI=1S/C22H23N3O5/c1-12-4-6-15(27)14(10-12)19-18-20(24-23-19)22(28)25(8-9-26)21(18)13-5-7-16(29-2)17(11-13)30-3/h4-7,10-11,21,26-27H,8-9H2,1-3H3,(H,23,24)/t21-/m0/s1. The maximum absolute atomic E-state index is 13.1. The van der Waals surface area contributed by atoms with Crippen LogP contribution in [0.4, 0.5) is 0 Å². The maximum atomic E-state index is 13.1. The molecule has 0 spiro atoms. The molecular formula is C22H23N3O5. The van der Waals surface area contributed by atoms with Crippen molar-refractivity contribution in [2.24, 2.45) is 0 Å². The van der Waals surface area contributed by atoms with Crippen LogP contribution in [0, 0.1) is 6.92 Å². The highest BCUT2D eigenvalue weighted by atomic mass is 16.5. The van der Waals surface area contributed by atoms with Crippen molar-refractivity contribution in [3.8, 4) is 28.5 Å². The number of carbonyl (C=O) groups is 1. The number of benzene rings is 2. The molecular weight excluding hydrogens is 386 g/mol. The molecule has 0 saturated heterocycles. The van der Waals surface area contributed by atoms with Crippen LogP contribution < -0.4 is 9.47 Å². The number of nitrogens with zero attached hydrogens (tertiary/aromatic N) is 2. The van der Waals surface area contributed by atoms with Gasteiger partial charge in [-0.3, -0.25) is 9.89 Å². The molecule has 0 saturated carbocycles. The normalized spacial score (nSPS) is 15.4. The summed E-state index contributed by atoms with van der Waals surface area (Å²) >= 11 is 0. The lowest BCUT2D eigenvalue weighted by Gasteiger charge is -2.26. The van der Waals surface area contributed by atoms with E-state index in [4.69, 9.17) is 9.47 Å². The molecule has 8 nitrogen and oxygen atoms in total. The van der Waals surface area contributed by atoms with Crippen molar-refractivity contribution in [2.75, 3.05) is 27.4 Å². The summed E-state index contributed by atoms with van der Waals surface area (Å²) in [6.45, 7) is 1.89. The number of ether oxygens (including phenoxy) is 2. The van der Waals surface area contributed by atoms with Gasteiger partial charge in [-0.25, -0.2) is 0 Å². The predicted molar refractivity (Wildman–Crippen MR) is 110 cm³/mol. The Labute approximate surface area is 173 Å². The van der Waals surface area contributed by atoms with E-state index in [0.717, 1.165) is 11.1 Å². The van der Waals surface area contributed by atoms with Gasteiger partial charge in [0.15, 0.2) is 11.5 Å². The molecule has 0 radical (unpaired) electrons. The number of phenols is 1. The van der Waals surface area contributed by atoms with Gasteiger partial charge in [0, 0.05) is 17.7 Å². The number of fused-ring (bicyclic) bond motifs is 1. The molecule has 30 heavy (non-hydrogen) atoms. The number of nitrogens with one attached hydrogen (secondary N) is 1. The Morgan fingerprint density at radius 3 is 2.60 bits per heavy atom. The summed E-state index contributed by atoms with van der Waals surface area (Å²) in [6, 6.07) is 10.2. The van der Waals surface area contributed by atoms with E-state index in [2.05, 4.69) is 10.2 Å². The highest BCUT2D eigenvalue weighted by Gasteiger charge is 2.42. The number of phenolic OH excluding ortho intramolecular Hbond substituents is 1. The Balaban J connectivity index is 1.92. The third-order valence-corrected chi connectivity index (χ3v) is 5.34. The van der Waals surface area contributed by atoms with Crippen LogP contribution in [0.15, 0.2) is 36.4 Å². The van der Waals surface area contributed by atoms with Crippen molar-refractivity contribution in [1.82, 2.24) is 15.1 Å². The third kappa shape index (κ3) is 3.05. The molecule has 1 aliphatic heterocycles. The first kappa shape index (κ1) is 19.8. The van der Waals surface area contributed by atoms with Crippen LogP contribution in [-0.4, -0.2) is 58.6 Å². The molecule has 3 aromatic rings. The second kappa shape index (κ2) is 7.72. The summed E-state index contributed by atoms with van der Waals surface area (Å²) in [6.07, 6.45) is 0. The van der Waals surface area contributed by atoms with Gasteiger partial charge in [-0.05, 0) is 36.8 Å². The highest BCUT2D eigenvalue weighted by Crippen LogP contribution is 2.45. The topological polar surface area (TPSA) is 108 Å². The molecule has 1 aromatic heterocycles. The molecule has 1 amide bonds. The van der Waals surface area contributed by atoms with Crippen molar-refractivity contribution in [1.29, 1.82) is 0 Å². The molecule has 2 aromatic carbocycles. The van der Waals surface area contributed by atoms with Gasteiger partial charge < -0.3 is 24.6 Å². The van der Waals surface area contributed by atoms with Gasteiger partial charge in [-0.1, -0.05) is 17.7 Å². The number of hydrogen-bond donors (Lipinski definition) is 3. The van der Waals surface area contributed by atoms with E-state index in [9.17, 15) is 15.0 Å². The van der Waals surface area contributed by atoms with E-state index in [1.165, 1.54) is 0 Å². The van der Waals surface area contributed by atoms with Crippen LogP contribution in [0.5, 0.6) is 17.2 Å². The van der Waals surface area contributed by atoms with Crippen LogP contribution in [0.3, 0.4) is 0 Å². The fourth-order valence-corrected chi connectivity index (χ4v) is 3.95. The number of aliphatic hydroxyl groups excluding tert-OH is 1. The Morgan fingerprint density at radius 1 is 1.13 bits per heavy atom. The summed E-state index contributed by atoms with van der Waals surface area (Å²) < 4.78 is 10.8. The molecule has 2 heterocycles. The fraction of sp³-hybridized carbons (Fsp3) is 0.273. The van der Waals surface area contributed by atoms with E-state index < -0.39 is 6.04 Å². The van der Waals surface area contributed by atoms with E-state index in [1.54, 1.807) is 37.3 Å². The number of amides is 1. The van der Waals surface area contributed by atoms with Crippen LogP contribution >= 0.6 is 0 Å². The minimum absolute atomic E-state index is 0.0778. The van der Waals surface area contributed by atoms with E-state index >= 15 is 0 Å². The first-order chi connectivity index (χ1) is 14.5. The highest BCUT2D eigenvalue weighted by molar-refractivity contribution is 6.00. The summed E-state index contributed by atoms with van der Waals surface area (Å²) in [4.78, 5) is 14.7. The lowest BCUT2D eigenvalue weighted by Crippen LogP contribution is -2.32. The number of aromatic hydroxyl groups is 1. The second-order valence-corrected chi connectivity index (χ2v) is 7.12. The summed E-state index contributed by atoms with van der Waals surface area (Å²) in [5.41, 5.74) is 3.78. The minimum Gasteiger partial charge on any atom is -0.507 e. The van der Waals surface area contributed by atoms with Crippen LogP contribution in [0.1, 0.15) is 33.2 Å². The van der Waals surface area contributed by atoms with Gasteiger partial charge in [0.05, 0.1) is 26.9 Å². The van der Waals surface area contributed by atoms with E-state index in [1.807, 2.05) is 25.1 Å². The average molecular weight is 409 g/mol. The fourth-order valence-electron chi connectivity index (χ4n) is 3.95. The number of aliphatic hydroxyl groups is 1. The molecule has 8 heteroatoms. The van der Waals surface area contributed by atoms with E-state index in [0.29, 0.717) is 34.0 Å². The van der Waals surface area contributed by atoms with Gasteiger partial charge in [0.1, 0.15) is 17.1 Å². The molecule has 1 atom stereocenters. The van der Waals surface area contributed by atoms with E-state index in [-0.39, 0.29) is 24.8 Å². The van der Waals surface area contributed by atoms with Crippen molar-refractivity contribution in [2.45, 2.75) is 13.0 Å². The summed E-state index contributed by atoms with van der Waals surface area (Å²) in [5, 5.41) is 27.2. The van der Waals surface area contributed by atoms with Crippen molar-refractivity contribution in [3.05, 3.63) is 58.8 Å². The predicted octanol–water partition coefficient (Wildman–Crippen LogP) is 2.65. The average Bonchev–Trinajstić information content (AvgIpc) is 3.29. The molecule has 1 aliphatic rings. The molecule has 0 bridgehead atoms. The zero-order chi connectivity index (χ0) is 21.4. The Kier molecular flexibility index (Phi) is 5.09. The minimum atomic E-state index is -0.506. The lowest BCUT2D eigenvalue weighted by atomic mass is 9.95. The zero-order valence-electron chi connectivity index (χ0n) is 17.0. The number of hydrogen-bond acceptors (Lipinski definition) is 6. The lowest BCUT2D eigenvalue weighted by molar-refractivity contribution is 0.0706. The number of aromatic amines is 1. The monoisotopic (exact) mass is 409 g/mol. The first-order valence-electron chi connectivity index (χ1n) is 9.52. The van der Waals surface area contributed by atoms with Crippen LogP contribution in [0.2, 0.25) is 0 Å². The Bertz CT molecular complexity index is 1110. The van der Waals surface area contributed by atoms with Crippen LogP contribution in [0.25, 0.3) is 11.3 Å². The zero-order valence-corrected chi connectivity index (χ0v) is 17.0. The second-order valence-electron chi connectivity index (χ2n) is 7.12.